The molecule has 1 amide bonds. The lowest BCUT2D eigenvalue weighted by Crippen LogP contribution is -2.38. The Morgan fingerprint density at radius 2 is 2.24 bits per heavy atom. The third kappa shape index (κ3) is 3.88. The van der Waals surface area contributed by atoms with Gasteiger partial charge in [-0.15, -0.1) is 0 Å². The van der Waals surface area contributed by atoms with Crippen molar-refractivity contribution in [2.24, 2.45) is 7.05 Å². The maximum atomic E-state index is 12.1. The van der Waals surface area contributed by atoms with E-state index in [1.54, 1.807) is 31.0 Å². The van der Waals surface area contributed by atoms with Crippen molar-refractivity contribution in [1.82, 2.24) is 25.1 Å². The second kappa shape index (κ2) is 6.68. The molecule has 7 heteroatoms. The number of aryl methyl sites for hydroxylation is 3. The van der Waals surface area contributed by atoms with Crippen LogP contribution in [-0.2, 0) is 23.9 Å². The number of carbonyl (C=O) groups is 1. The molecule has 7 nitrogen and oxygen atoms in total. The molecule has 1 aromatic carbocycles. The van der Waals surface area contributed by atoms with Crippen LogP contribution in [0.2, 0.25) is 0 Å². The monoisotopic (exact) mass is 341 g/mol. The predicted molar refractivity (Wildman–Crippen MR) is 94.9 cm³/mol. The third-order valence-corrected chi connectivity index (χ3v) is 4.31. The van der Waals surface area contributed by atoms with E-state index >= 15 is 0 Å². The van der Waals surface area contributed by atoms with E-state index in [0.29, 0.717) is 18.4 Å². The minimum Gasteiger partial charge on any atom is -0.383 e. The second-order valence-corrected chi connectivity index (χ2v) is 6.61. The number of aliphatic hydroxyl groups is 1. The van der Waals surface area contributed by atoms with Crippen LogP contribution < -0.4 is 5.32 Å². The van der Waals surface area contributed by atoms with Crippen molar-refractivity contribution in [2.75, 3.05) is 6.54 Å². The maximum absolute atomic E-state index is 12.1. The van der Waals surface area contributed by atoms with Crippen molar-refractivity contribution in [3.8, 4) is 0 Å². The number of carbonyl (C=O) groups excluding carboxylic acids is 1. The lowest BCUT2D eigenvalue weighted by atomic mass is 10.00. The zero-order valence-corrected chi connectivity index (χ0v) is 14.7. The maximum Gasteiger partial charge on any atom is 0.220 e. The lowest BCUT2D eigenvalue weighted by Gasteiger charge is -2.22. The van der Waals surface area contributed by atoms with Crippen LogP contribution in [0.3, 0.4) is 0 Å². The topological polar surface area (TPSA) is 95.8 Å². The number of para-hydroxylation sites is 1. The number of hydrogen-bond donors (Lipinski definition) is 3. The molecule has 1 atom stereocenters. The van der Waals surface area contributed by atoms with Crippen LogP contribution in [0, 0.1) is 6.92 Å². The van der Waals surface area contributed by atoms with Gasteiger partial charge in [0.2, 0.25) is 5.91 Å². The summed E-state index contributed by atoms with van der Waals surface area (Å²) in [6.07, 6.45) is 4.17. The molecule has 0 bridgehead atoms. The summed E-state index contributed by atoms with van der Waals surface area (Å²) in [5, 5.41) is 17.3. The number of benzene rings is 1. The van der Waals surface area contributed by atoms with Gasteiger partial charge in [-0.3, -0.25) is 9.48 Å². The standard InChI is InChI=1S/C18H23N5O2/c1-12-5-4-6-14-17(12)22-15(21-14)7-8-16(24)19-11-18(2,25)13-9-20-23(3)10-13/h4-6,9-10,25H,7-8,11H2,1-3H3,(H,19,24)(H,21,22). The molecule has 2 aromatic heterocycles. The van der Waals surface area contributed by atoms with E-state index in [1.807, 2.05) is 25.1 Å². The Kier molecular flexibility index (Phi) is 4.59. The van der Waals surface area contributed by atoms with Gasteiger partial charge in [0.25, 0.3) is 0 Å². The van der Waals surface area contributed by atoms with E-state index in [1.165, 1.54) is 0 Å². The number of amides is 1. The Bertz CT molecular complexity index is 894. The van der Waals surface area contributed by atoms with Crippen molar-refractivity contribution in [3.63, 3.8) is 0 Å². The average molecular weight is 341 g/mol. The summed E-state index contributed by atoms with van der Waals surface area (Å²) >= 11 is 0. The molecule has 0 saturated heterocycles. The minimum absolute atomic E-state index is 0.124. The van der Waals surface area contributed by atoms with Gasteiger partial charge in [0.05, 0.1) is 23.8 Å². The number of imidazole rings is 1. The molecule has 3 aromatic rings. The summed E-state index contributed by atoms with van der Waals surface area (Å²) in [5.41, 5.74) is 2.55. The largest absolute Gasteiger partial charge is 0.383 e. The van der Waals surface area contributed by atoms with E-state index in [0.717, 1.165) is 22.4 Å². The van der Waals surface area contributed by atoms with Gasteiger partial charge >= 0.3 is 0 Å². The van der Waals surface area contributed by atoms with Crippen LogP contribution in [-0.4, -0.2) is 37.3 Å². The molecule has 0 aliphatic heterocycles. The van der Waals surface area contributed by atoms with Gasteiger partial charge in [0.1, 0.15) is 11.4 Å². The summed E-state index contributed by atoms with van der Waals surface area (Å²) in [6.45, 7) is 3.81. The highest BCUT2D eigenvalue weighted by molar-refractivity contribution is 5.79. The molecule has 2 heterocycles. The van der Waals surface area contributed by atoms with Gasteiger partial charge in [0.15, 0.2) is 0 Å². The summed E-state index contributed by atoms with van der Waals surface area (Å²) < 4.78 is 1.62. The molecule has 0 aliphatic carbocycles. The van der Waals surface area contributed by atoms with Crippen LogP contribution in [0.5, 0.6) is 0 Å². The van der Waals surface area contributed by atoms with Gasteiger partial charge in [-0.2, -0.15) is 5.10 Å². The third-order valence-electron chi connectivity index (χ3n) is 4.31. The molecular weight excluding hydrogens is 318 g/mol. The summed E-state index contributed by atoms with van der Waals surface area (Å²) in [5.74, 6) is 0.666. The first kappa shape index (κ1) is 17.2. The summed E-state index contributed by atoms with van der Waals surface area (Å²) in [6, 6.07) is 5.97. The first-order valence-electron chi connectivity index (χ1n) is 8.27. The molecule has 0 spiro atoms. The van der Waals surface area contributed by atoms with Crippen molar-refractivity contribution in [3.05, 3.63) is 47.5 Å². The van der Waals surface area contributed by atoms with E-state index in [4.69, 9.17) is 0 Å². The van der Waals surface area contributed by atoms with Crippen molar-refractivity contribution in [1.29, 1.82) is 0 Å². The molecular formula is C18H23N5O2. The van der Waals surface area contributed by atoms with Gasteiger partial charge < -0.3 is 15.4 Å². The van der Waals surface area contributed by atoms with E-state index in [9.17, 15) is 9.90 Å². The fourth-order valence-electron chi connectivity index (χ4n) is 2.74. The van der Waals surface area contributed by atoms with Gasteiger partial charge in [-0.05, 0) is 25.5 Å². The SMILES string of the molecule is Cc1cccc2[nH]c(CCC(=O)NCC(C)(O)c3cnn(C)c3)nc12. The smallest absolute Gasteiger partial charge is 0.220 e. The van der Waals surface area contributed by atoms with Gasteiger partial charge in [-0.25, -0.2) is 4.98 Å². The van der Waals surface area contributed by atoms with Crippen molar-refractivity contribution >= 4 is 16.9 Å². The highest BCUT2D eigenvalue weighted by Crippen LogP contribution is 2.19. The lowest BCUT2D eigenvalue weighted by molar-refractivity contribution is -0.122. The molecule has 0 radical (unpaired) electrons. The molecule has 0 fully saturated rings. The molecule has 25 heavy (non-hydrogen) atoms. The fraction of sp³-hybridized carbons (Fsp3) is 0.389. The zero-order chi connectivity index (χ0) is 18.0. The number of nitrogens with zero attached hydrogens (tertiary/aromatic N) is 3. The Balaban J connectivity index is 1.54. The molecule has 0 aliphatic rings. The van der Waals surface area contributed by atoms with Crippen LogP contribution in [0.4, 0.5) is 0 Å². The highest BCUT2D eigenvalue weighted by Gasteiger charge is 2.25. The van der Waals surface area contributed by atoms with Crippen LogP contribution in [0.15, 0.2) is 30.6 Å². The Morgan fingerprint density at radius 3 is 2.92 bits per heavy atom. The van der Waals surface area contributed by atoms with E-state index in [-0.39, 0.29) is 12.5 Å². The highest BCUT2D eigenvalue weighted by atomic mass is 16.3. The van der Waals surface area contributed by atoms with Crippen LogP contribution >= 0.6 is 0 Å². The molecule has 0 saturated carbocycles. The number of H-pyrrole nitrogens is 1. The molecule has 3 rings (SSSR count). The second-order valence-electron chi connectivity index (χ2n) is 6.61. The van der Waals surface area contributed by atoms with Crippen LogP contribution in [0.25, 0.3) is 11.0 Å². The van der Waals surface area contributed by atoms with Crippen molar-refractivity contribution in [2.45, 2.75) is 32.3 Å². The van der Waals surface area contributed by atoms with Crippen LogP contribution in [0.1, 0.15) is 30.3 Å². The number of fused-ring (bicyclic) bond motifs is 1. The molecule has 3 N–H and O–H groups in total. The van der Waals surface area contributed by atoms with Crippen molar-refractivity contribution < 1.29 is 9.90 Å². The minimum atomic E-state index is -1.15. The summed E-state index contributed by atoms with van der Waals surface area (Å²) in [7, 11) is 1.78. The number of hydrogen-bond acceptors (Lipinski definition) is 4. The number of nitrogens with one attached hydrogen (secondary N) is 2. The van der Waals surface area contributed by atoms with Gasteiger partial charge in [0, 0.05) is 31.6 Å². The molecule has 132 valence electrons. The first-order valence-corrected chi connectivity index (χ1v) is 8.27. The van der Waals surface area contributed by atoms with Gasteiger partial charge in [-0.1, -0.05) is 12.1 Å². The Labute approximate surface area is 146 Å². The zero-order valence-electron chi connectivity index (χ0n) is 14.7. The molecule has 1 unspecified atom stereocenters. The Hall–Kier alpha value is -2.67. The first-order chi connectivity index (χ1) is 11.8. The summed E-state index contributed by atoms with van der Waals surface area (Å²) in [4.78, 5) is 19.9. The normalized spacial score (nSPS) is 13.8. The number of aromatic amines is 1. The Morgan fingerprint density at radius 1 is 1.44 bits per heavy atom. The van der Waals surface area contributed by atoms with E-state index in [2.05, 4.69) is 20.4 Å². The number of aromatic nitrogens is 4. The predicted octanol–water partition coefficient (Wildman–Crippen LogP) is 1.56. The number of rotatable bonds is 6. The van der Waals surface area contributed by atoms with E-state index < -0.39 is 5.60 Å². The fourth-order valence-corrected chi connectivity index (χ4v) is 2.74. The average Bonchev–Trinajstić information content (AvgIpc) is 3.18. The quantitative estimate of drug-likeness (QED) is 0.634.